The number of halogens is 4. The number of nitrogens with zero attached hydrogens (tertiary/aromatic N) is 1. The lowest BCUT2D eigenvalue weighted by molar-refractivity contribution is -0.137. The maximum Gasteiger partial charge on any atom is 0.417 e. The lowest BCUT2D eigenvalue weighted by atomic mass is 10.2. The molecule has 0 saturated heterocycles. The van der Waals surface area contributed by atoms with Gasteiger partial charge in [-0.1, -0.05) is 0 Å². The number of nitrogens with two attached hydrogens (primary N) is 1. The van der Waals surface area contributed by atoms with Crippen LogP contribution in [0.1, 0.15) is 24.2 Å². The minimum atomic E-state index is -4.37. The van der Waals surface area contributed by atoms with Gasteiger partial charge < -0.3 is 5.73 Å². The van der Waals surface area contributed by atoms with Gasteiger partial charge in [0.25, 0.3) is 0 Å². The molecular weight excluding hydrogens is 261 g/mol. The summed E-state index contributed by atoms with van der Waals surface area (Å²) in [6.07, 6.45) is -3.59. The predicted octanol–water partition coefficient (Wildman–Crippen LogP) is 2.88. The normalized spacial score (nSPS) is 14.1. The van der Waals surface area contributed by atoms with Crippen LogP contribution in [0, 0.1) is 0 Å². The Bertz CT molecular complexity index is 336. The largest absolute Gasteiger partial charge is 0.417 e. The summed E-state index contributed by atoms with van der Waals surface area (Å²) in [4.78, 5) is 3.65. The Kier molecular flexibility index (Phi) is 3.16. The molecule has 0 radical (unpaired) electrons. The van der Waals surface area contributed by atoms with Gasteiger partial charge in [-0.15, -0.1) is 0 Å². The number of rotatable bonds is 1. The molecule has 0 bridgehead atoms. The van der Waals surface area contributed by atoms with E-state index in [0.29, 0.717) is 5.69 Å². The van der Waals surface area contributed by atoms with Gasteiger partial charge in [0.1, 0.15) is 0 Å². The number of pyridine rings is 1. The van der Waals surface area contributed by atoms with Gasteiger partial charge in [-0.25, -0.2) is 0 Å². The van der Waals surface area contributed by atoms with Crippen molar-refractivity contribution in [2.45, 2.75) is 19.1 Å². The SMILES string of the molecule is CC(N)c1ncc(C(F)(F)F)cc1Br. The third-order valence-corrected chi connectivity index (χ3v) is 2.26. The minimum Gasteiger partial charge on any atom is -0.323 e. The summed E-state index contributed by atoms with van der Waals surface area (Å²) in [5.41, 5.74) is 5.13. The van der Waals surface area contributed by atoms with Crippen LogP contribution < -0.4 is 5.73 Å². The van der Waals surface area contributed by atoms with E-state index in [2.05, 4.69) is 20.9 Å². The zero-order chi connectivity index (χ0) is 10.9. The summed E-state index contributed by atoms with van der Waals surface area (Å²) in [7, 11) is 0. The van der Waals surface area contributed by atoms with Gasteiger partial charge >= 0.3 is 6.18 Å². The van der Waals surface area contributed by atoms with Gasteiger partial charge in [-0.3, -0.25) is 4.98 Å². The summed E-state index contributed by atoms with van der Waals surface area (Å²) >= 11 is 3.00. The van der Waals surface area contributed by atoms with E-state index in [1.807, 2.05) is 0 Å². The van der Waals surface area contributed by atoms with E-state index in [4.69, 9.17) is 5.73 Å². The monoisotopic (exact) mass is 268 g/mol. The molecule has 1 aromatic rings. The molecule has 0 saturated carbocycles. The standard InChI is InChI=1S/C8H8BrF3N2/c1-4(13)7-6(9)2-5(3-14-7)8(10,11)12/h2-4H,13H2,1H3. The van der Waals surface area contributed by atoms with E-state index >= 15 is 0 Å². The van der Waals surface area contributed by atoms with E-state index in [-0.39, 0.29) is 4.47 Å². The molecule has 0 aliphatic heterocycles. The molecule has 1 aromatic heterocycles. The highest BCUT2D eigenvalue weighted by Gasteiger charge is 2.31. The van der Waals surface area contributed by atoms with Crippen molar-refractivity contribution >= 4 is 15.9 Å². The Labute approximate surface area is 87.4 Å². The van der Waals surface area contributed by atoms with Crippen LogP contribution in [0.2, 0.25) is 0 Å². The van der Waals surface area contributed by atoms with Crippen molar-refractivity contribution in [2.75, 3.05) is 0 Å². The second-order valence-corrected chi connectivity index (χ2v) is 3.73. The highest BCUT2D eigenvalue weighted by Crippen LogP contribution is 2.32. The molecule has 0 aliphatic rings. The van der Waals surface area contributed by atoms with Crippen LogP contribution in [0.5, 0.6) is 0 Å². The first-order valence-electron chi connectivity index (χ1n) is 3.80. The molecule has 1 atom stereocenters. The summed E-state index contributed by atoms with van der Waals surface area (Å²) < 4.78 is 36.9. The van der Waals surface area contributed by atoms with Crippen LogP contribution in [0.3, 0.4) is 0 Å². The van der Waals surface area contributed by atoms with Gasteiger partial charge in [-0.2, -0.15) is 13.2 Å². The fourth-order valence-electron chi connectivity index (χ4n) is 0.939. The van der Waals surface area contributed by atoms with Crippen molar-refractivity contribution in [3.05, 3.63) is 28.0 Å². The second kappa shape index (κ2) is 3.86. The molecule has 1 unspecified atom stereocenters. The average molecular weight is 269 g/mol. The molecule has 0 aromatic carbocycles. The maximum absolute atomic E-state index is 12.2. The molecule has 1 rings (SSSR count). The van der Waals surface area contributed by atoms with Gasteiger partial charge in [-0.05, 0) is 28.9 Å². The van der Waals surface area contributed by atoms with Crippen molar-refractivity contribution in [1.82, 2.24) is 4.98 Å². The van der Waals surface area contributed by atoms with Gasteiger partial charge in [0.2, 0.25) is 0 Å². The number of aromatic nitrogens is 1. The molecule has 0 spiro atoms. The summed E-state index contributed by atoms with van der Waals surface area (Å²) in [5.74, 6) is 0. The van der Waals surface area contributed by atoms with Crippen molar-refractivity contribution < 1.29 is 13.2 Å². The van der Waals surface area contributed by atoms with E-state index in [9.17, 15) is 13.2 Å². The van der Waals surface area contributed by atoms with E-state index in [1.165, 1.54) is 0 Å². The highest BCUT2D eigenvalue weighted by atomic mass is 79.9. The number of hydrogen-bond acceptors (Lipinski definition) is 2. The lowest BCUT2D eigenvalue weighted by Crippen LogP contribution is -2.11. The topological polar surface area (TPSA) is 38.9 Å². The van der Waals surface area contributed by atoms with Crippen molar-refractivity contribution in [3.63, 3.8) is 0 Å². The van der Waals surface area contributed by atoms with E-state index < -0.39 is 17.8 Å². The Morgan fingerprint density at radius 1 is 1.50 bits per heavy atom. The predicted molar refractivity (Wildman–Crippen MR) is 49.5 cm³/mol. The maximum atomic E-state index is 12.2. The third-order valence-electron chi connectivity index (χ3n) is 1.63. The smallest absolute Gasteiger partial charge is 0.323 e. The van der Waals surface area contributed by atoms with Crippen LogP contribution in [0.25, 0.3) is 0 Å². The first kappa shape index (κ1) is 11.5. The highest BCUT2D eigenvalue weighted by molar-refractivity contribution is 9.10. The molecule has 0 aliphatic carbocycles. The van der Waals surface area contributed by atoms with Crippen molar-refractivity contribution in [2.24, 2.45) is 5.73 Å². The van der Waals surface area contributed by atoms with E-state index in [0.717, 1.165) is 12.3 Å². The first-order chi connectivity index (χ1) is 6.32. The summed E-state index contributed by atoms with van der Waals surface area (Å²) in [5, 5.41) is 0. The minimum absolute atomic E-state index is 0.280. The van der Waals surface area contributed by atoms with Crippen molar-refractivity contribution in [3.8, 4) is 0 Å². The van der Waals surface area contributed by atoms with Crippen molar-refractivity contribution in [1.29, 1.82) is 0 Å². The lowest BCUT2D eigenvalue weighted by Gasteiger charge is -2.10. The van der Waals surface area contributed by atoms with Gasteiger partial charge in [0.05, 0.1) is 11.3 Å². The van der Waals surface area contributed by atoms with Gasteiger partial charge in [0.15, 0.2) is 0 Å². The molecule has 2 N–H and O–H groups in total. The summed E-state index contributed by atoms with van der Waals surface area (Å²) in [6, 6.07) is 0.581. The molecular formula is C8H8BrF3N2. The molecule has 0 fully saturated rings. The zero-order valence-corrected chi connectivity index (χ0v) is 8.85. The fraction of sp³-hybridized carbons (Fsp3) is 0.375. The zero-order valence-electron chi connectivity index (χ0n) is 7.27. The number of hydrogen-bond donors (Lipinski definition) is 1. The molecule has 14 heavy (non-hydrogen) atoms. The molecule has 2 nitrogen and oxygen atoms in total. The van der Waals surface area contributed by atoms with Gasteiger partial charge in [0, 0.05) is 16.7 Å². The Hall–Kier alpha value is -0.620. The van der Waals surface area contributed by atoms with Crippen LogP contribution >= 0.6 is 15.9 Å². The van der Waals surface area contributed by atoms with Crippen LogP contribution in [0.15, 0.2) is 16.7 Å². The first-order valence-corrected chi connectivity index (χ1v) is 4.60. The second-order valence-electron chi connectivity index (χ2n) is 2.88. The average Bonchev–Trinajstić information content (AvgIpc) is 2.01. The van der Waals surface area contributed by atoms with Crippen LogP contribution in [0.4, 0.5) is 13.2 Å². The molecule has 0 amide bonds. The number of alkyl halides is 3. The van der Waals surface area contributed by atoms with E-state index in [1.54, 1.807) is 6.92 Å². The quantitative estimate of drug-likeness (QED) is 0.851. The Balaban J connectivity index is 3.13. The summed E-state index contributed by atoms with van der Waals surface area (Å²) in [6.45, 7) is 1.65. The molecule has 6 heteroatoms. The molecule has 78 valence electrons. The molecule has 1 heterocycles. The van der Waals surface area contributed by atoms with Crippen LogP contribution in [-0.4, -0.2) is 4.98 Å². The Morgan fingerprint density at radius 2 is 2.07 bits per heavy atom. The van der Waals surface area contributed by atoms with Crippen LogP contribution in [-0.2, 0) is 6.18 Å². The fourth-order valence-corrected chi connectivity index (χ4v) is 1.65. The Morgan fingerprint density at radius 3 is 2.43 bits per heavy atom. The third kappa shape index (κ3) is 2.45.